The third-order valence-electron chi connectivity index (χ3n) is 2.52. The third-order valence-corrected chi connectivity index (χ3v) is 2.61. The number of hydrogen-bond acceptors (Lipinski definition) is 6. The van der Waals surface area contributed by atoms with E-state index in [4.69, 9.17) is 30.5 Å². The van der Waals surface area contributed by atoms with Crippen LogP contribution in [-0.2, 0) is 23.7 Å². The van der Waals surface area contributed by atoms with Crippen molar-refractivity contribution in [1.82, 2.24) is 0 Å². The lowest BCUT2D eigenvalue weighted by Gasteiger charge is -2.15. The first kappa shape index (κ1) is 11.6. The Hall–Kier alpha value is -0.850. The highest BCUT2D eigenvalue weighted by Crippen LogP contribution is 2.30. The van der Waals surface area contributed by atoms with Crippen molar-refractivity contribution in [2.75, 3.05) is 13.2 Å². The van der Waals surface area contributed by atoms with E-state index in [0.717, 1.165) is 0 Å². The second-order valence-electron chi connectivity index (χ2n) is 3.64. The van der Waals surface area contributed by atoms with Crippen LogP contribution in [0.3, 0.4) is 0 Å². The molecule has 2 aliphatic rings. The van der Waals surface area contributed by atoms with Crippen LogP contribution in [0.4, 0.5) is 4.79 Å². The normalized spacial score (nSPS) is 36.9. The summed E-state index contributed by atoms with van der Waals surface area (Å²) in [5, 5.41) is 0. The van der Waals surface area contributed by atoms with Crippen LogP contribution in [0, 0.1) is 0 Å². The quantitative estimate of drug-likeness (QED) is 0.524. The van der Waals surface area contributed by atoms with E-state index in [1.54, 1.807) is 0 Å². The molecule has 2 aliphatic heterocycles. The fourth-order valence-electron chi connectivity index (χ4n) is 1.96. The molecule has 0 saturated carbocycles. The summed E-state index contributed by atoms with van der Waals surface area (Å²) in [6.07, 6.45) is -1.77. The van der Waals surface area contributed by atoms with E-state index < -0.39 is 29.7 Å². The first-order valence-electron chi connectivity index (χ1n) is 4.84. The number of esters is 1. The van der Waals surface area contributed by atoms with Gasteiger partial charge in [-0.3, -0.25) is 4.79 Å². The number of carbonyl (C=O) groups is 2. The van der Waals surface area contributed by atoms with Crippen molar-refractivity contribution in [2.45, 2.75) is 31.3 Å². The van der Waals surface area contributed by atoms with E-state index in [2.05, 4.69) is 0 Å². The molecule has 0 amide bonds. The van der Waals surface area contributed by atoms with Crippen LogP contribution in [0.1, 0.15) is 6.92 Å². The van der Waals surface area contributed by atoms with Gasteiger partial charge in [0, 0.05) is 18.5 Å². The fourth-order valence-corrected chi connectivity index (χ4v) is 2.08. The largest absolute Gasteiger partial charge is 0.457 e. The van der Waals surface area contributed by atoms with Crippen molar-refractivity contribution >= 4 is 23.0 Å². The molecule has 2 fully saturated rings. The minimum absolute atomic E-state index is 0.200. The summed E-state index contributed by atoms with van der Waals surface area (Å²) in [6, 6.07) is 0. The summed E-state index contributed by atoms with van der Waals surface area (Å²) >= 11 is 5.11. The molecule has 0 radical (unpaired) electrons. The van der Waals surface area contributed by atoms with Gasteiger partial charge in [0.1, 0.15) is 12.2 Å². The number of ether oxygens (including phenoxy) is 4. The molecule has 0 aromatic heterocycles. The average molecular weight is 251 g/mol. The third kappa shape index (κ3) is 2.28. The van der Waals surface area contributed by atoms with E-state index in [1.807, 2.05) is 0 Å². The Morgan fingerprint density at radius 3 is 2.06 bits per heavy atom. The fraction of sp³-hybridized carbons (Fsp3) is 0.778. The molecule has 0 unspecified atom stereocenters. The van der Waals surface area contributed by atoms with E-state index in [9.17, 15) is 9.59 Å². The first-order chi connectivity index (χ1) is 7.58. The lowest BCUT2D eigenvalue weighted by atomic mass is 10.1. The summed E-state index contributed by atoms with van der Waals surface area (Å²) in [5.74, 6) is -0.393. The molecular weight excluding hydrogens is 240 g/mol. The molecule has 2 rings (SSSR count). The number of hydrogen-bond donors (Lipinski definition) is 0. The van der Waals surface area contributed by atoms with Crippen LogP contribution in [0.2, 0.25) is 0 Å². The van der Waals surface area contributed by atoms with Crippen LogP contribution in [-0.4, -0.2) is 49.0 Å². The van der Waals surface area contributed by atoms with E-state index in [1.165, 1.54) is 6.92 Å². The Morgan fingerprint density at radius 1 is 1.12 bits per heavy atom. The maximum atomic E-state index is 10.8. The van der Waals surface area contributed by atoms with Crippen molar-refractivity contribution in [3.63, 3.8) is 0 Å². The SMILES string of the molecule is CC(=O)O[C@H]1CO[C@H]2[C@@H]1OC[C@H]2OC(=O)Cl. The lowest BCUT2D eigenvalue weighted by Crippen LogP contribution is -2.35. The van der Waals surface area contributed by atoms with Crippen LogP contribution in [0.25, 0.3) is 0 Å². The summed E-state index contributed by atoms with van der Waals surface area (Å²) in [4.78, 5) is 21.4. The minimum atomic E-state index is -0.895. The maximum Gasteiger partial charge on any atom is 0.404 e. The Kier molecular flexibility index (Phi) is 3.32. The van der Waals surface area contributed by atoms with Gasteiger partial charge in [-0.1, -0.05) is 0 Å². The van der Waals surface area contributed by atoms with Crippen molar-refractivity contribution < 1.29 is 28.5 Å². The summed E-state index contributed by atoms with van der Waals surface area (Å²) < 4.78 is 20.6. The Morgan fingerprint density at radius 2 is 1.62 bits per heavy atom. The molecule has 0 aromatic rings. The molecule has 0 aliphatic carbocycles. The van der Waals surface area contributed by atoms with E-state index in [-0.39, 0.29) is 19.3 Å². The van der Waals surface area contributed by atoms with Crippen molar-refractivity contribution in [3.8, 4) is 0 Å². The van der Waals surface area contributed by atoms with Crippen molar-refractivity contribution in [2.24, 2.45) is 0 Å². The van der Waals surface area contributed by atoms with E-state index in [0.29, 0.717) is 0 Å². The van der Waals surface area contributed by atoms with Gasteiger partial charge >= 0.3 is 11.4 Å². The molecule has 0 aromatic carbocycles. The molecule has 0 N–H and O–H groups in total. The number of carbonyl (C=O) groups excluding carboxylic acids is 2. The second-order valence-corrected chi connectivity index (χ2v) is 3.95. The molecular formula is C9H11ClO6. The molecule has 16 heavy (non-hydrogen) atoms. The predicted octanol–water partition coefficient (Wildman–Crippen LogP) is 0.460. The Bertz CT molecular complexity index is 276. The summed E-state index contributed by atoms with van der Waals surface area (Å²) in [5.41, 5.74) is -0.895. The van der Waals surface area contributed by atoms with Gasteiger partial charge in [0.25, 0.3) is 0 Å². The zero-order chi connectivity index (χ0) is 11.7. The van der Waals surface area contributed by atoms with Crippen LogP contribution < -0.4 is 0 Å². The van der Waals surface area contributed by atoms with Gasteiger partial charge < -0.3 is 18.9 Å². The van der Waals surface area contributed by atoms with Gasteiger partial charge in [0.05, 0.1) is 13.2 Å². The first-order valence-corrected chi connectivity index (χ1v) is 5.22. The summed E-state index contributed by atoms with van der Waals surface area (Å²) in [6.45, 7) is 1.76. The van der Waals surface area contributed by atoms with Gasteiger partial charge in [-0.15, -0.1) is 0 Å². The number of rotatable bonds is 2. The van der Waals surface area contributed by atoms with Gasteiger partial charge in [-0.25, -0.2) is 4.79 Å². The zero-order valence-electron chi connectivity index (χ0n) is 8.55. The van der Waals surface area contributed by atoms with Gasteiger partial charge in [0.15, 0.2) is 12.2 Å². The molecule has 0 bridgehead atoms. The molecule has 2 saturated heterocycles. The monoisotopic (exact) mass is 250 g/mol. The van der Waals surface area contributed by atoms with Crippen LogP contribution in [0.15, 0.2) is 0 Å². The van der Waals surface area contributed by atoms with Crippen LogP contribution >= 0.6 is 11.6 Å². The lowest BCUT2D eigenvalue weighted by molar-refractivity contribution is -0.151. The number of halogens is 1. The topological polar surface area (TPSA) is 71.1 Å². The molecule has 4 atom stereocenters. The van der Waals surface area contributed by atoms with Crippen molar-refractivity contribution in [1.29, 1.82) is 0 Å². The number of fused-ring (bicyclic) bond motifs is 1. The minimum Gasteiger partial charge on any atom is -0.457 e. The Balaban J connectivity index is 1.95. The van der Waals surface area contributed by atoms with Gasteiger partial charge in [0.2, 0.25) is 0 Å². The molecule has 0 spiro atoms. The Labute approximate surface area is 96.7 Å². The molecule has 90 valence electrons. The smallest absolute Gasteiger partial charge is 0.404 e. The predicted molar refractivity (Wildman–Crippen MR) is 51.2 cm³/mol. The van der Waals surface area contributed by atoms with Crippen molar-refractivity contribution in [3.05, 3.63) is 0 Å². The zero-order valence-corrected chi connectivity index (χ0v) is 9.31. The van der Waals surface area contributed by atoms with Gasteiger partial charge in [-0.2, -0.15) is 0 Å². The summed E-state index contributed by atoms with van der Waals surface area (Å²) in [7, 11) is 0. The highest BCUT2D eigenvalue weighted by Gasteiger charge is 2.50. The second kappa shape index (κ2) is 4.57. The highest BCUT2D eigenvalue weighted by molar-refractivity contribution is 6.61. The average Bonchev–Trinajstić information content (AvgIpc) is 2.70. The highest BCUT2D eigenvalue weighted by atomic mass is 35.5. The molecule has 2 heterocycles. The standard InChI is InChI=1S/C9H11ClO6/c1-4(11)15-5-2-13-8-6(16-9(10)12)3-14-7(5)8/h5-8H,2-3H2,1H3/t5-,6+,7+,8+/m0/s1. The molecule has 7 heteroatoms. The van der Waals surface area contributed by atoms with Crippen LogP contribution in [0.5, 0.6) is 0 Å². The van der Waals surface area contributed by atoms with Gasteiger partial charge in [-0.05, 0) is 0 Å². The molecule has 6 nitrogen and oxygen atoms in total. The van der Waals surface area contributed by atoms with E-state index >= 15 is 0 Å². The maximum absolute atomic E-state index is 10.8.